The predicted molar refractivity (Wildman–Crippen MR) is 118 cm³/mol. The lowest BCUT2D eigenvalue weighted by atomic mass is 9.99. The fourth-order valence-corrected chi connectivity index (χ4v) is 3.73. The number of aliphatic imine (C=N–C) groups is 1. The standard InChI is InChI=1S/C24H31N3O3/c1-18-14-27(15-22(18)23(28)29-3)24(25-2)26-13-19-9-11-21(12-10-19)17-30-16-20-7-5-4-6-8-20/h4-12,18,22H,13-17H2,1-3H3,(H,25,26). The van der Waals surface area contributed by atoms with Crippen molar-refractivity contribution in [3.8, 4) is 0 Å². The summed E-state index contributed by atoms with van der Waals surface area (Å²) in [6, 6.07) is 18.6. The molecule has 3 rings (SSSR count). The molecule has 6 heteroatoms. The van der Waals surface area contributed by atoms with Gasteiger partial charge < -0.3 is 19.7 Å². The Morgan fingerprint density at radius 2 is 1.67 bits per heavy atom. The van der Waals surface area contributed by atoms with Gasteiger partial charge in [-0.05, 0) is 22.6 Å². The van der Waals surface area contributed by atoms with Crippen LogP contribution in [0.25, 0.3) is 0 Å². The molecule has 0 amide bonds. The largest absolute Gasteiger partial charge is 0.469 e. The summed E-state index contributed by atoms with van der Waals surface area (Å²) in [5.74, 6) is 0.795. The molecule has 30 heavy (non-hydrogen) atoms. The Labute approximate surface area is 178 Å². The molecule has 2 aromatic rings. The van der Waals surface area contributed by atoms with Crippen LogP contribution in [0.1, 0.15) is 23.6 Å². The lowest BCUT2D eigenvalue weighted by Crippen LogP contribution is -2.40. The van der Waals surface area contributed by atoms with Crippen LogP contribution < -0.4 is 5.32 Å². The highest BCUT2D eigenvalue weighted by Gasteiger charge is 2.36. The van der Waals surface area contributed by atoms with Gasteiger partial charge in [-0.3, -0.25) is 9.79 Å². The third kappa shape index (κ3) is 5.83. The molecule has 160 valence electrons. The number of hydrogen-bond acceptors (Lipinski definition) is 4. The van der Waals surface area contributed by atoms with Crippen molar-refractivity contribution in [3.05, 3.63) is 71.3 Å². The van der Waals surface area contributed by atoms with E-state index in [4.69, 9.17) is 9.47 Å². The maximum absolute atomic E-state index is 11.9. The van der Waals surface area contributed by atoms with Crippen molar-refractivity contribution in [2.24, 2.45) is 16.8 Å². The van der Waals surface area contributed by atoms with Crippen molar-refractivity contribution in [1.82, 2.24) is 10.2 Å². The van der Waals surface area contributed by atoms with Gasteiger partial charge in [0, 0.05) is 26.7 Å². The van der Waals surface area contributed by atoms with Crippen LogP contribution in [0.4, 0.5) is 0 Å². The molecule has 1 aliphatic heterocycles. The van der Waals surface area contributed by atoms with Gasteiger partial charge in [0.15, 0.2) is 5.96 Å². The molecule has 1 aliphatic rings. The summed E-state index contributed by atoms with van der Waals surface area (Å²) < 4.78 is 10.7. The second-order valence-corrected chi connectivity index (χ2v) is 7.71. The highest BCUT2D eigenvalue weighted by atomic mass is 16.5. The van der Waals surface area contributed by atoms with E-state index in [0.717, 1.165) is 18.1 Å². The molecule has 1 fully saturated rings. The number of rotatable bonds is 7. The Balaban J connectivity index is 1.46. The lowest BCUT2D eigenvalue weighted by Gasteiger charge is -2.21. The van der Waals surface area contributed by atoms with E-state index in [-0.39, 0.29) is 17.8 Å². The van der Waals surface area contributed by atoms with Crippen LogP contribution >= 0.6 is 0 Å². The first-order chi connectivity index (χ1) is 14.6. The molecule has 0 spiro atoms. The number of methoxy groups -OCH3 is 1. The Morgan fingerprint density at radius 3 is 2.30 bits per heavy atom. The average molecular weight is 410 g/mol. The van der Waals surface area contributed by atoms with Gasteiger partial charge in [0.2, 0.25) is 0 Å². The SMILES string of the molecule is CN=C(NCc1ccc(COCc2ccccc2)cc1)N1CC(C)C(C(=O)OC)C1. The molecule has 2 aromatic carbocycles. The number of esters is 1. The first-order valence-corrected chi connectivity index (χ1v) is 10.3. The number of guanidine groups is 1. The molecule has 1 N–H and O–H groups in total. The number of carbonyl (C=O) groups is 1. The van der Waals surface area contributed by atoms with Crippen molar-refractivity contribution in [2.45, 2.75) is 26.7 Å². The molecule has 2 atom stereocenters. The first-order valence-electron chi connectivity index (χ1n) is 10.3. The van der Waals surface area contributed by atoms with Gasteiger partial charge in [-0.2, -0.15) is 0 Å². The van der Waals surface area contributed by atoms with Gasteiger partial charge in [-0.15, -0.1) is 0 Å². The molecule has 0 aromatic heterocycles. The Kier molecular flexibility index (Phi) is 7.85. The van der Waals surface area contributed by atoms with Gasteiger partial charge in [0.1, 0.15) is 0 Å². The molecule has 0 radical (unpaired) electrons. The molecule has 0 saturated carbocycles. The van der Waals surface area contributed by atoms with Gasteiger partial charge in [-0.1, -0.05) is 61.5 Å². The minimum absolute atomic E-state index is 0.108. The van der Waals surface area contributed by atoms with Crippen LogP contribution in [0, 0.1) is 11.8 Å². The van der Waals surface area contributed by atoms with Gasteiger partial charge in [0.05, 0.1) is 26.2 Å². The fraction of sp³-hybridized carbons (Fsp3) is 0.417. The summed E-state index contributed by atoms with van der Waals surface area (Å²) in [4.78, 5) is 18.4. The van der Waals surface area contributed by atoms with Crippen LogP contribution in [0.2, 0.25) is 0 Å². The van der Waals surface area contributed by atoms with Crippen molar-refractivity contribution in [2.75, 3.05) is 27.2 Å². The second kappa shape index (κ2) is 10.8. The van der Waals surface area contributed by atoms with E-state index in [1.54, 1.807) is 7.05 Å². The van der Waals surface area contributed by atoms with Crippen LogP contribution in [-0.2, 0) is 34.0 Å². The first kappa shape index (κ1) is 21.8. The zero-order chi connectivity index (χ0) is 21.3. The van der Waals surface area contributed by atoms with Crippen LogP contribution in [0.15, 0.2) is 59.6 Å². The topological polar surface area (TPSA) is 63.2 Å². The summed E-state index contributed by atoms with van der Waals surface area (Å²) in [6.07, 6.45) is 0. The Bertz CT molecular complexity index is 837. The number of hydrogen-bond donors (Lipinski definition) is 1. The zero-order valence-electron chi connectivity index (χ0n) is 18.0. The van der Waals surface area contributed by atoms with Crippen molar-refractivity contribution in [3.63, 3.8) is 0 Å². The van der Waals surface area contributed by atoms with E-state index >= 15 is 0 Å². The van der Waals surface area contributed by atoms with Gasteiger partial charge >= 0.3 is 5.97 Å². The van der Waals surface area contributed by atoms with E-state index < -0.39 is 0 Å². The number of carbonyl (C=O) groups excluding carboxylic acids is 1. The van der Waals surface area contributed by atoms with E-state index in [1.807, 2.05) is 18.2 Å². The summed E-state index contributed by atoms with van der Waals surface area (Å²) in [6.45, 7) is 5.37. The molecule has 0 aliphatic carbocycles. The minimum Gasteiger partial charge on any atom is -0.469 e. The summed E-state index contributed by atoms with van der Waals surface area (Å²) in [7, 11) is 3.22. The summed E-state index contributed by atoms with van der Waals surface area (Å²) in [5.41, 5.74) is 3.49. The molecule has 6 nitrogen and oxygen atoms in total. The van der Waals surface area contributed by atoms with Crippen molar-refractivity contribution >= 4 is 11.9 Å². The Morgan fingerprint density at radius 1 is 1.03 bits per heavy atom. The zero-order valence-corrected chi connectivity index (χ0v) is 18.0. The Hall–Kier alpha value is -2.86. The molecular formula is C24H31N3O3. The number of likely N-dealkylation sites (tertiary alicyclic amines) is 1. The minimum atomic E-state index is -0.148. The normalized spacial score (nSPS) is 19.0. The third-order valence-corrected chi connectivity index (χ3v) is 5.48. The summed E-state index contributed by atoms with van der Waals surface area (Å²) >= 11 is 0. The monoisotopic (exact) mass is 409 g/mol. The highest BCUT2D eigenvalue weighted by molar-refractivity contribution is 5.82. The summed E-state index contributed by atoms with van der Waals surface area (Å²) in [5, 5.41) is 3.40. The van der Waals surface area contributed by atoms with E-state index in [2.05, 4.69) is 58.5 Å². The van der Waals surface area contributed by atoms with E-state index in [0.29, 0.717) is 26.3 Å². The molecular weight excluding hydrogens is 378 g/mol. The van der Waals surface area contributed by atoms with Gasteiger partial charge in [-0.25, -0.2) is 0 Å². The number of ether oxygens (including phenoxy) is 2. The van der Waals surface area contributed by atoms with E-state index in [9.17, 15) is 4.79 Å². The molecule has 2 unspecified atom stereocenters. The highest BCUT2D eigenvalue weighted by Crippen LogP contribution is 2.24. The van der Waals surface area contributed by atoms with Crippen molar-refractivity contribution < 1.29 is 14.3 Å². The van der Waals surface area contributed by atoms with E-state index in [1.165, 1.54) is 18.2 Å². The quantitative estimate of drug-likeness (QED) is 0.432. The predicted octanol–water partition coefficient (Wildman–Crippen LogP) is 3.22. The maximum Gasteiger partial charge on any atom is 0.310 e. The van der Waals surface area contributed by atoms with Crippen LogP contribution in [0.3, 0.4) is 0 Å². The molecule has 1 heterocycles. The smallest absolute Gasteiger partial charge is 0.310 e. The van der Waals surface area contributed by atoms with Crippen molar-refractivity contribution in [1.29, 1.82) is 0 Å². The second-order valence-electron chi connectivity index (χ2n) is 7.71. The molecule has 1 saturated heterocycles. The van der Waals surface area contributed by atoms with Gasteiger partial charge in [0.25, 0.3) is 0 Å². The fourth-order valence-electron chi connectivity index (χ4n) is 3.73. The third-order valence-electron chi connectivity index (χ3n) is 5.48. The van der Waals surface area contributed by atoms with Crippen LogP contribution in [0.5, 0.6) is 0 Å². The number of nitrogens with one attached hydrogen (secondary N) is 1. The molecule has 0 bridgehead atoms. The van der Waals surface area contributed by atoms with Crippen LogP contribution in [-0.4, -0.2) is 44.1 Å². The number of benzene rings is 2. The average Bonchev–Trinajstić information content (AvgIpc) is 3.17. The lowest BCUT2D eigenvalue weighted by molar-refractivity contribution is -0.145. The maximum atomic E-state index is 11.9. The number of nitrogens with zero attached hydrogens (tertiary/aromatic N) is 2.